The van der Waals surface area contributed by atoms with E-state index in [2.05, 4.69) is 39.5 Å². The fraction of sp³-hybridized carbons (Fsp3) is 0.333. The molecule has 0 spiro atoms. The average molecular weight is 441 g/mol. The fourth-order valence-electron chi connectivity index (χ4n) is 6.09. The van der Waals surface area contributed by atoms with Crippen LogP contribution in [0.15, 0.2) is 71.8 Å². The maximum absolute atomic E-state index is 13.1. The van der Waals surface area contributed by atoms with E-state index in [9.17, 15) is 9.90 Å². The summed E-state index contributed by atoms with van der Waals surface area (Å²) in [6.45, 7) is 6.09. The van der Waals surface area contributed by atoms with Gasteiger partial charge in [-0.3, -0.25) is 4.79 Å². The summed E-state index contributed by atoms with van der Waals surface area (Å²) in [5.41, 5.74) is 5.36. The lowest BCUT2D eigenvalue weighted by molar-refractivity contribution is 0.0942. The first-order chi connectivity index (χ1) is 16.1. The highest BCUT2D eigenvalue weighted by Gasteiger charge is 2.52. The largest absolute Gasteiger partial charge is 0.507 e. The number of phenolic OH excluding ortho intramolecular Hbond substituents is 1. The van der Waals surface area contributed by atoms with Crippen LogP contribution in [0, 0.1) is 11.3 Å². The van der Waals surface area contributed by atoms with Crippen molar-refractivity contribution in [3.05, 3.63) is 77.9 Å². The van der Waals surface area contributed by atoms with E-state index in [0.29, 0.717) is 5.92 Å². The van der Waals surface area contributed by atoms with Crippen LogP contribution in [0.2, 0.25) is 0 Å². The number of carbonyl (C=O) groups is 1. The van der Waals surface area contributed by atoms with Gasteiger partial charge in [0.2, 0.25) is 0 Å². The predicted molar refractivity (Wildman–Crippen MR) is 129 cm³/mol. The van der Waals surface area contributed by atoms with Crippen LogP contribution in [0.1, 0.15) is 15.9 Å². The molecule has 3 aromatic rings. The molecule has 4 saturated heterocycles. The lowest BCUT2D eigenvalue weighted by Gasteiger charge is -2.50. The number of rotatable bonds is 4. The van der Waals surface area contributed by atoms with E-state index < -0.39 is 0 Å². The standard InChI is InChI=1S/C27H28N4O2/c32-24-13-21-9-5-4-8-20(21)12-23(24)26(33)29-28-25-22-15-30-10-11-31(16-22)18-27(25,17-30)14-19-6-2-1-3-7-19/h1-9,12-13,22,32H,10-11,14-18H2,(H,29,33). The second kappa shape index (κ2) is 7.97. The molecule has 0 aliphatic carbocycles. The first-order valence-electron chi connectivity index (χ1n) is 11.7. The number of hydrogen-bond acceptors (Lipinski definition) is 5. The number of hydrazone groups is 1. The first kappa shape index (κ1) is 20.4. The van der Waals surface area contributed by atoms with Gasteiger partial charge < -0.3 is 14.9 Å². The quantitative estimate of drug-likeness (QED) is 0.612. The molecule has 4 bridgehead atoms. The molecule has 33 heavy (non-hydrogen) atoms. The van der Waals surface area contributed by atoms with Gasteiger partial charge in [-0.15, -0.1) is 0 Å². The number of amides is 1. The Bertz CT molecular complexity index is 1220. The topological polar surface area (TPSA) is 68.2 Å². The van der Waals surface area contributed by atoms with E-state index in [4.69, 9.17) is 5.10 Å². The Balaban J connectivity index is 1.33. The van der Waals surface area contributed by atoms with Gasteiger partial charge in [0, 0.05) is 50.6 Å². The highest BCUT2D eigenvalue weighted by atomic mass is 16.3. The summed E-state index contributed by atoms with van der Waals surface area (Å²) < 4.78 is 0. The zero-order valence-electron chi connectivity index (χ0n) is 18.6. The number of aromatic hydroxyl groups is 1. The van der Waals surface area contributed by atoms with Crippen molar-refractivity contribution in [2.24, 2.45) is 16.4 Å². The van der Waals surface area contributed by atoms with Gasteiger partial charge in [-0.1, -0.05) is 54.6 Å². The minimum Gasteiger partial charge on any atom is -0.507 e. The first-order valence-corrected chi connectivity index (χ1v) is 11.7. The van der Waals surface area contributed by atoms with Gasteiger partial charge >= 0.3 is 0 Å². The van der Waals surface area contributed by atoms with Crippen molar-refractivity contribution in [3.8, 4) is 5.75 Å². The average Bonchev–Trinajstić information content (AvgIpc) is 3.06. The molecule has 4 aliphatic heterocycles. The van der Waals surface area contributed by atoms with Crippen molar-refractivity contribution in [2.75, 3.05) is 39.3 Å². The summed E-state index contributed by atoms with van der Waals surface area (Å²) in [7, 11) is 0. The number of phenols is 1. The normalized spacial score (nSPS) is 29.3. The van der Waals surface area contributed by atoms with Crippen molar-refractivity contribution in [1.29, 1.82) is 0 Å². The van der Waals surface area contributed by atoms with Gasteiger partial charge in [-0.2, -0.15) is 5.10 Å². The molecule has 2 unspecified atom stereocenters. The van der Waals surface area contributed by atoms with Gasteiger partial charge in [-0.05, 0) is 34.9 Å². The number of carbonyl (C=O) groups excluding carboxylic acids is 1. The summed E-state index contributed by atoms with van der Waals surface area (Å²) in [5, 5.41) is 17.1. The van der Waals surface area contributed by atoms with Crippen LogP contribution in [0.3, 0.4) is 0 Å². The molecule has 0 aromatic heterocycles. The molecule has 6 nitrogen and oxygen atoms in total. The Morgan fingerprint density at radius 1 is 0.970 bits per heavy atom. The molecule has 4 aliphatic rings. The lowest BCUT2D eigenvalue weighted by atomic mass is 9.67. The van der Waals surface area contributed by atoms with E-state index in [1.165, 1.54) is 5.56 Å². The summed E-state index contributed by atoms with van der Waals surface area (Å²) in [6, 6.07) is 21.7. The molecule has 2 atom stereocenters. The minimum atomic E-state index is -0.368. The van der Waals surface area contributed by atoms with Gasteiger partial charge in [0.05, 0.1) is 11.3 Å². The second-order valence-electron chi connectivity index (χ2n) is 9.76. The molecule has 4 fully saturated rings. The molecule has 4 heterocycles. The van der Waals surface area contributed by atoms with Crippen LogP contribution in [-0.4, -0.2) is 65.8 Å². The van der Waals surface area contributed by atoms with Crippen LogP contribution < -0.4 is 5.43 Å². The van der Waals surface area contributed by atoms with Crippen molar-refractivity contribution in [3.63, 3.8) is 0 Å². The molecule has 0 radical (unpaired) electrons. The Labute approximate surface area is 193 Å². The number of nitrogens with zero attached hydrogens (tertiary/aromatic N) is 3. The zero-order chi connectivity index (χ0) is 22.4. The number of hydrogen-bond donors (Lipinski definition) is 2. The predicted octanol–water partition coefficient (Wildman–Crippen LogP) is 3.12. The van der Waals surface area contributed by atoms with Crippen LogP contribution in [0.5, 0.6) is 5.75 Å². The van der Waals surface area contributed by atoms with E-state index in [-0.39, 0.29) is 22.6 Å². The maximum Gasteiger partial charge on any atom is 0.275 e. The van der Waals surface area contributed by atoms with E-state index in [1.54, 1.807) is 12.1 Å². The van der Waals surface area contributed by atoms with Gasteiger partial charge in [0.15, 0.2) is 0 Å². The number of piperidine rings is 2. The van der Waals surface area contributed by atoms with Crippen molar-refractivity contribution in [2.45, 2.75) is 6.42 Å². The Morgan fingerprint density at radius 3 is 2.30 bits per heavy atom. The summed E-state index contributed by atoms with van der Waals surface area (Å²) >= 11 is 0. The molecular weight excluding hydrogens is 412 g/mol. The maximum atomic E-state index is 13.1. The third kappa shape index (κ3) is 3.69. The third-order valence-corrected chi connectivity index (χ3v) is 7.44. The van der Waals surface area contributed by atoms with Crippen molar-refractivity contribution >= 4 is 22.4 Å². The summed E-state index contributed by atoms with van der Waals surface area (Å²) in [4.78, 5) is 18.2. The Kier molecular flexibility index (Phi) is 4.93. The number of fused-ring (bicyclic) bond motifs is 2. The molecule has 6 heteroatoms. The summed E-state index contributed by atoms with van der Waals surface area (Å²) in [6.07, 6.45) is 0.910. The zero-order valence-corrected chi connectivity index (χ0v) is 18.6. The Hall–Kier alpha value is -3.22. The van der Waals surface area contributed by atoms with E-state index in [0.717, 1.165) is 62.2 Å². The van der Waals surface area contributed by atoms with Crippen LogP contribution in [0.25, 0.3) is 10.8 Å². The highest BCUT2D eigenvalue weighted by Crippen LogP contribution is 2.41. The lowest BCUT2D eigenvalue weighted by Crippen LogP contribution is -2.62. The van der Waals surface area contributed by atoms with Crippen molar-refractivity contribution in [1.82, 2.24) is 15.2 Å². The van der Waals surface area contributed by atoms with Crippen LogP contribution in [0.4, 0.5) is 0 Å². The Morgan fingerprint density at radius 2 is 1.61 bits per heavy atom. The second-order valence-corrected chi connectivity index (χ2v) is 9.76. The van der Waals surface area contributed by atoms with Crippen molar-refractivity contribution < 1.29 is 9.90 Å². The van der Waals surface area contributed by atoms with Gasteiger partial charge in [0.25, 0.3) is 5.91 Å². The molecule has 1 amide bonds. The number of benzene rings is 3. The van der Waals surface area contributed by atoms with E-state index >= 15 is 0 Å². The minimum absolute atomic E-state index is 0.0236. The van der Waals surface area contributed by atoms with Crippen LogP contribution >= 0.6 is 0 Å². The molecule has 7 rings (SSSR count). The van der Waals surface area contributed by atoms with Gasteiger partial charge in [0.1, 0.15) is 5.75 Å². The highest BCUT2D eigenvalue weighted by molar-refractivity contribution is 6.03. The van der Waals surface area contributed by atoms with Crippen LogP contribution in [-0.2, 0) is 6.42 Å². The molecule has 2 N–H and O–H groups in total. The molecule has 3 aromatic carbocycles. The SMILES string of the molecule is O=C(NN=C1C2CN3CCN(C2)CC1(Cc1ccccc1)C3)c1cc2ccccc2cc1O. The molecule has 168 valence electrons. The number of nitrogens with one attached hydrogen (secondary N) is 1. The smallest absolute Gasteiger partial charge is 0.275 e. The summed E-state index contributed by atoms with van der Waals surface area (Å²) in [5.74, 6) is -0.0819. The third-order valence-electron chi connectivity index (χ3n) is 7.44. The molecule has 0 saturated carbocycles. The monoisotopic (exact) mass is 440 g/mol. The molecular formula is C27H28N4O2. The van der Waals surface area contributed by atoms with E-state index in [1.807, 2.05) is 30.3 Å². The fourth-order valence-corrected chi connectivity index (χ4v) is 6.09. The van der Waals surface area contributed by atoms with Gasteiger partial charge in [-0.25, -0.2) is 5.43 Å².